The Kier molecular flexibility index (Phi) is 7.20. The van der Waals surface area contributed by atoms with E-state index in [9.17, 15) is 14.4 Å². The van der Waals surface area contributed by atoms with Crippen LogP contribution in [0.1, 0.15) is 22.8 Å². The fourth-order valence-corrected chi connectivity index (χ4v) is 5.37. The molecule has 190 valence electrons. The number of amides is 1. The molecular weight excluding hydrogens is 488 g/mol. The Morgan fingerprint density at radius 2 is 1.67 bits per heavy atom. The summed E-state index contributed by atoms with van der Waals surface area (Å²) >= 11 is 0.981. The van der Waals surface area contributed by atoms with Crippen LogP contribution in [-0.4, -0.2) is 52.0 Å². The Hall–Kier alpha value is -3.99. The molecule has 0 aliphatic carbocycles. The van der Waals surface area contributed by atoms with Crippen molar-refractivity contribution in [2.24, 2.45) is 0 Å². The number of benzene rings is 2. The minimum Gasteiger partial charge on any atom is -0.497 e. The van der Waals surface area contributed by atoms with Gasteiger partial charge in [0.05, 0.1) is 46.1 Å². The molecule has 0 radical (unpaired) electrons. The van der Waals surface area contributed by atoms with Gasteiger partial charge in [-0.2, -0.15) is 0 Å². The van der Waals surface area contributed by atoms with Crippen molar-refractivity contribution in [2.45, 2.75) is 18.9 Å². The molecule has 0 spiro atoms. The quantitative estimate of drug-likeness (QED) is 0.422. The molecule has 0 saturated carbocycles. The average Bonchev–Trinajstić information content (AvgIpc) is 3.22. The number of nitrogens with zero attached hydrogens (tertiary/aromatic N) is 2. The van der Waals surface area contributed by atoms with Crippen molar-refractivity contribution in [3.63, 3.8) is 0 Å². The second-order valence-corrected chi connectivity index (χ2v) is 8.86. The van der Waals surface area contributed by atoms with E-state index >= 15 is 0 Å². The maximum absolute atomic E-state index is 13.7. The minimum absolute atomic E-state index is 0.0705. The zero-order chi connectivity index (χ0) is 26.0. The van der Waals surface area contributed by atoms with Crippen LogP contribution < -0.4 is 28.7 Å². The fraction of sp³-hybridized carbons (Fsp3) is 0.320. The van der Waals surface area contributed by atoms with Gasteiger partial charge in [0.15, 0.2) is 11.5 Å². The molecule has 3 aromatic rings. The van der Waals surface area contributed by atoms with Gasteiger partial charge < -0.3 is 23.7 Å². The molecule has 0 fully saturated rings. The number of carbonyl (C=O) groups is 2. The van der Waals surface area contributed by atoms with Gasteiger partial charge in [-0.1, -0.05) is 17.4 Å². The largest absolute Gasteiger partial charge is 0.497 e. The molecule has 10 nitrogen and oxygen atoms in total. The molecule has 1 aliphatic rings. The highest BCUT2D eigenvalue weighted by molar-refractivity contribution is 7.10. The van der Waals surface area contributed by atoms with Gasteiger partial charge in [-0.15, -0.1) is 0 Å². The van der Waals surface area contributed by atoms with Crippen molar-refractivity contribution in [1.29, 1.82) is 0 Å². The number of ether oxygens (including phenoxy) is 5. The number of fused-ring (bicyclic) bond motifs is 1. The van der Waals surface area contributed by atoms with Crippen molar-refractivity contribution in [3.05, 3.63) is 56.5 Å². The molecule has 0 bridgehead atoms. The zero-order valence-corrected chi connectivity index (χ0v) is 21.3. The average molecular weight is 515 g/mol. The van der Waals surface area contributed by atoms with Crippen LogP contribution >= 0.6 is 11.3 Å². The van der Waals surface area contributed by atoms with Gasteiger partial charge in [0.25, 0.3) is 0 Å². The highest BCUT2D eigenvalue weighted by atomic mass is 32.1. The summed E-state index contributed by atoms with van der Waals surface area (Å²) in [5.74, 6) is 0.788. The summed E-state index contributed by atoms with van der Waals surface area (Å²) in [6.45, 7) is -0.336. The fourth-order valence-electron chi connectivity index (χ4n) is 4.27. The molecule has 11 heteroatoms. The van der Waals surface area contributed by atoms with E-state index < -0.39 is 11.9 Å². The van der Waals surface area contributed by atoms with Crippen molar-refractivity contribution in [3.8, 4) is 23.0 Å². The summed E-state index contributed by atoms with van der Waals surface area (Å²) in [5.41, 5.74) is 1.22. The van der Waals surface area contributed by atoms with Crippen molar-refractivity contribution >= 4 is 34.7 Å². The first kappa shape index (κ1) is 25.1. The van der Waals surface area contributed by atoms with Gasteiger partial charge in [0, 0.05) is 18.4 Å². The monoisotopic (exact) mass is 514 g/mol. The van der Waals surface area contributed by atoms with Gasteiger partial charge in [0.1, 0.15) is 18.1 Å². The molecule has 1 aliphatic heterocycles. The Balaban J connectivity index is 1.95. The highest BCUT2D eigenvalue weighted by Gasteiger charge is 2.39. The molecule has 1 amide bonds. The van der Waals surface area contributed by atoms with Gasteiger partial charge in [0.2, 0.25) is 11.7 Å². The molecule has 4 rings (SSSR count). The summed E-state index contributed by atoms with van der Waals surface area (Å²) in [4.78, 5) is 40.7. The molecule has 1 atom stereocenters. The summed E-state index contributed by atoms with van der Waals surface area (Å²) in [6.07, 6.45) is 0.0705. The van der Waals surface area contributed by atoms with Crippen LogP contribution in [0.4, 0.5) is 11.5 Å². The Morgan fingerprint density at radius 1 is 0.972 bits per heavy atom. The van der Waals surface area contributed by atoms with E-state index in [-0.39, 0.29) is 23.7 Å². The zero-order valence-electron chi connectivity index (χ0n) is 20.5. The Morgan fingerprint density at radius 3 is 2.25 bits per heavy atom. The number of thiazole rings is 1. The smallest absolute Gasteiger partial charge is 0.325 e. The topological polar surface area (TPSA) is 106 Å². The van der Waals surface area contributed by atoms with E-state index in [0.29, 0.717) is 44.9 Å². The first-order chi connectivity index (χ1) is 17.4. The van der Waals surface area contributed by atoms with E-state index in [1.807, 2.05) is 0 Å². The van der Waals surface area contributed by atoms with E-state index in [2.05, 4.69) is 0 Å². The lowest BCUT2D eigenvalue weighted by Crippen LogP contribution is -2.36. The third-order valence-electron chi connectivity index (χ3n) is 5.97. The predicted molar refractivity (Wildman–Crippen MR) is 133 cm³/mol. The van der Waals surface area contributed by atoms with Crippen LogP contribution in [0.3, 0.4) is 0 Å². The highest BCUT2D eigenvalue weighted by Crippen LogP contribution is 2.48. The summed E-state index contributed by atoms with van der Waals surface area (Å²) in [6, 6.07) is 10.5. The van der Waals surface area contributed by atoms with Crippen molar-refractivity contribution in [1.82, 2.24) is 4.57 Å². The van der Waals surface area contributed by atoms with Gasteiger partial charge in [-0.25, -0.2) is 0 Å². The van der Waals surface area contributed by atoms with Crippen LogP contribution in [0.5, 0.6) is 23.0 Å². The third-order valence-corrected chi connectivity index (χ3v) is 7.05. The van der Waals surface area contributed by atoms with Gasteiger partial charge in [-0.3, -0.25) is 23.9 Å². The lowest BCUT2D eigenvalue weighted by Gasteiger charge is -2.33. The summed E-state index contributed by atoms with van der Waals surface area (Å²) < 4.78 is 27.8. The Labute approximate surface area is 211 Å². The molecule has 36 heavy (non-hydrogen) atoms. The molecule has 0 N–H and O–H groups in total. The molecule has 1 unspecified atom stereocenters. The van der Waals surface area contributed by atoms with Gasteiger partial charge in [-0.05, 0) is 29.8 Å². The SMILES string of the molecule is COC(=O)Cn1c2c(sc1=O)C(c1cc(OC)c(OC)c(OC)c1)CC(=O)N2c1cccc(OC)c1. The summed E-state index contributed by atoms with van der Waals surface area (Å²) in [7, 11) is 7.30. The molecule has 2 heterocycles. The summed E-state index contributed by atoms with van der Waals surface area (Å²) in [5, 5.41) is 0. The van der Waals surface area contributed by atoms with Crippen LogP contribution in [-0.2, 0) is 20.9 Å². The van der Waals surface area contributed by atoms with E-state index in [4.69, 9.17) is 23.7 Å². The molecule has 0 saturated heterocycles. The van der Waals surface area contributed by atoms with Gasteiger partial charge >= 0.3 is 10.8 Å². The number of methoxy groups -OCH3 is 5. The predicted octanol–water partition coefficient (Wildman–Crippen LogP) is 3.32. The number of hydrogen-bond acceptors (Lipinski definition) is 9. The molecular formula is C25H26N2O8S. The van der Waals surface area contributed by atoms with Crippen molar-refractivity contribution < 1.29 is 33.3 Å². The number of hydrogen-bond donors (Lipinski definition) is 0. The van der Waals surface area contributed by atoms with Crippen LogP contribution in [0.15, 0.2) is 41.2 Å². The molecule has 1 aromatic heterocycles. The number of rotatable bonds is 8. The van der Waals surface area contributed by atoms with Crippen LogP contribution in [0, 0.1) is 0 Å². The third kappa shape index (κ3) is 4.37. The Bertz CT molecular complexity index is 1340. The van der Waals surface area contributed by atoms with E-state index in [0.717, 1.165) is 11.3 Å². The first-order valence-electron chi connectivity index (χ1n) is 10.9. The standard InChI is InChI=1S/C25H26N2O8S/c1-31-16-8-6-7-15(11-16)27-20(28)12-17(14-9-18(32-2)22(35-5)19(10-14)33-3)23-24(27)26(25(30)36-23)13-21(29)34-4/h6-11,17H,12-13H2,1-5H3. The normalized spacial score (nSPS) is 14.8. The van der Waals surface area contributed by atoms with Crippen molar-refractivity contribution in [2.75, 3.05) is 40.4 Å². The second-order valence-electron chi connectivity index (χ2n) is 7.86. The number of aromatic nitrogens is 1. The maximum atomic E-state index is 13.7. The number of anilines is 2. The number of esters is 1. The first-order valence-corrected chi connectivity index (χ1v) is 11.8. The lowest BCUT2D eigenvalue weighted by molar-refractivity contribution is -0.141. The maximum Gasteiger partial charge on any atom is 0.325 e. The lowest BCUT2D eigenvalue weighted by atomic mass is 9.89. The van der Waals surface area contributed by atoms with E-state index in [1.165, 1.54) is 45.0 Å². The second kappa shape index (κ2) is 10.3. The minimum atomic E-state index is -0.606. The van der Waals surface area contributed by atoms with Crippen LogP contribution in [0.2, 0.25) is 0 Å². The van der Waals surface area contributed by atoms with E-state index in [1.54, 1.807) is 36.4 Å². The van der Waals surface area contributed by atoms with Crippen LogP contribution in [0.25, 0.3) is 0 Å². The number of carbonyl (C=O) groups excluding carboxylic acids is 2. The molecule has 2 aromatic carbocycles.